The van der Waals surface area contributed by atoms with Crippen molar-refractivity contribution in [2.24, 2.45) is 0 Å². The second-order valence-corrected chi connectivity index (χ2v) is 4.27. The summed E-state index contributed by atoms with van der Waals surface area (Å²) >= 11 is 0. The van der Waals surface area contributed by atoms with E-state index in [0.717, 1.165) is 24.4 Å². The van der Waals surface area contributed by atoms with Crippen LogP contribution in [0.5, 0.6) is 5.75 Å². The third-order valence-corrected chi connectivity index (χ3v) is 2.76. The molecule has 0 amide bonds. The van der Waals surface area contributed by atoms with Gasteiger partial charge in [0.2, 0.25) is 0 Å². The molecule has 0 aliphatic carbocycles. The van der Waals surface area contributed by atoms with E-state index in [1.165, 1.54) is 24.8 Å². The molecule has 0 fully saturated rings. The van der Waals surface area contributed by atoms with Gasteiger partial charge in [-0.3, -0.25) is 0 Å². The molecule has 0 heterocycles. The van der Waals surface area contributed by atoms with Crippen LogP contribution in [-0.2, 0) is 0 Å². The smallest absolute Gasteiger partial charge is 0.141 e. The van der Waals surface area contributed by atoms with E-state index >= 15 is 0 Å². The van der Waals surface area contributed by atoms with Crippen LogP contribution in [0.4, 0.5) is 5.69 Å². The molecule has 1 aromatic carbocycles. The van der Waals surface area contributed by atoms with E-state index in [1.54, 1.807) is 7.11 Å². The number of hydrogen-bond donors (Lipinski definition) is 1. The zero-order valence-corrected chi connectivity index (χ0v) is 11.0. The predicted octanol–water partition coefficient (Wildman–Crippen LogP) is 4.16. The standard InChI is InChI=1S/C15H23NO/c1-4-5-6-7-8-11-16-14-12-13(2)9-10-15(14)17-3/h4,9-10,12,16H,1,5-8,11H2,2-3H3. The maximum atomic E-state index is 5.32. The average Bonchev–Trinajstić information content (AvgIpc) is 2.34. The Bertz CT molecular complexity index is 347. The molecule has 0 aliphatic rings. The number of unbranched alkanes of at least 4 members (excludes halogenated alkanes) is 3. The molecule has 0 bridgehead atoms. The molecule has 2 heteroatoms. The fraction of sp³-hybridized carbons (Fsp3) is 0.467. The molecule has 2 nitrogen and oxygen atoms in total. The van der Waals surface area contributed by atoms with Gasteiger partial charge in [-0.15, -0.1) is 6.58 Å². The molecule has 1 N–H and O–H groups in total. The Morgan fingerprint density at radius 2 is 2.12 bits per heavy atom. The Labute approximate surface area is 105 Å². The first kappa shape index (κ1) is 13.6. The van der Waals surface area contributed by atoms with E-state index < -0.39 is 0 Å². The van der Waals surface area contributed by atoms with E-state index in [2.05, 4.69) is 31.0 Å². The van der Waals surface area contributed by atoms with Crippen LogP contribution in [0.3, 0.4) is 0 Å². The number of benzene rings is 1. The fourth-order valence-corrected chi connectivity index (χ4v) is 1.77. The van der Waals surface area contributed by atoms with Gasteiger partial charge in [-0.25, -0.2) is 0 Å². The zero-order chi connectivity index (χ0) is 12.5. The summed E-state index contributed by atoms with van der Waals surface area (Å²) in [5.74, 6) is 0.918. The van der Waals surface area contributed by atoms with E-state index in [1.807, 2.05) is 12.1 Å². The fourth-order valence-electron chi connectivity index (χ4n) is 1.77. The molecule has 1 rings (SSSR count). The summed E-state index contributed by atoms with van der Waals surface area (Å²) in [7, 11) is 1.71. The number of methoxy groups -OCH3 is 1. The van der Waals surface area contributed by atoms with Crippen LogP contribution in [0, 0.1) is 6.92 Å². The van der Waals surface area contributed by atoms with Crippen molar-refractivity contribution in [2.75, 3.05) is 19.0 Å². The van der Waals surface area contributed by atoms with Gasteiger partial charge in [0.25, 0.3) is 0 Å². The van der Waals surface area contributed by atoms with Gasteiger partial charge < -0.3 is 10.1 Å². The van der Waals surface area contributed by atoms with Gasteiger partial charge >= 0.3 is 0 Å². The highest BCUT2D eigenvalue weighted by Crippen LogP contribution is 2.25. The van der Waals surface area contributed by atoms with Crippen LogP contribution in [0.15, 0.2) is 30.9 Å². The SMILES string of the molecule is C=CCCCCCNc1cc(C)ccc1OC. The molecule has 0 spiro atoms. The molecule has 17 heavy (non-hydrogen) atoms. The third kappa shape index (κ3) is 4.94. The topological polar surface area (TPSA) is 21.3 Å². The van der Waals surface area contributed by atoms with Crippen LogP contribution < -0.4 is 10.1 Å². The number of anilines is 1. The number of rotatable bonds is 8. The van der Waals surface area contributed by atoms with Gasteiger partial charge in [0.1, 0.15) is 5.75 Å². The molecule has 0 aliphatic heterocycles. The summed E-state index contributed by atoms with van der Waals surface area (Å²) in [5, 5.41) is 3.43. The van der Waals surface area contributed by atoms with Crippen LogP contribution >= 0.6 is 0 Å². The maximum absolute atomic E-state index is 5.32. The van der Waals surface area contributed by atoms with Crippen molar-refractivity contribution in [3.05, 3.63) is 36.4 Å². The van der Waals surface area contributed by atoms with E-state index in [9.17, 15) is 0 Å². The van der Waals surface area contributed by atoms with Gasteiger partial charge in [0.05, 0.1) is 12.8 Å². The average molecular weight is 233 g/mol. The van der Waals surface area contributed by atoms with Gasteiger partial charge in [-0.05, 0) is 43.9 Å². The Kier molecular flexibility index (Phi) is 6.23. The van der Waals surface area contributed by atoms with E-state index in [4.69, 9.17) is 4.74 Å². The zero-order valence-electron chi connectivity index (χ0n) is 11.0. The first-order chi connectivity index (χ1) is 8.27. The minimum absolute atomic E-state index is 0.918. The Balaban J connectivity index is 2.35. The Hall–Kier alpha value is -1.44. The monoisotopic (exact) mass is 233 g/mol. The van der Waals surface area contributed by atoms with Crippen molar-refractivity contribution in [3.8, 4) is 5.75 Å². The number of ether oxygens (including phenoxy) is 1. The van der Waals surface area contributed by atoms with Crippen molar-refractivity contribution >= 4 is 5.69 Å². The second-order valence-electron chi connectivity index (χ2n) is 4.27. The number of nitrogens with one attached hydrogen (secondary N) is 1. The molecule has 94 valence electrons. The normalized spacial score (nSPS) is 10.0. The van der Waals surface area contributed by atoms with Crippen LogP contribution in [0.25, 0.3) is 0 Å². The summed E-state index contributed by atoms with van der Waals surface area (Å²) in [6.07, 6.45) is 6.76. The van der Waals surface area contributed by atoms with Crippen LogP contribution in [0.2, 0.25) is 0 Å². The Morgan fingerprint density at radius 1 is 1.29 bits per heavy atom. The van der Waals surface area contributed by atoms with Crippen molar-refractivity contribution in [3.63, 3.8) is 0 Å². The lowest BCUT2D eigenvalue weighted by Crippen LogP contribution is -2.03. The number of hydrogen-bond acceptors (Lipinski definition) is 2. The van der Waals surface area contributed by atoms with Crippen molar-refractivity contribution in [1.82, 2.24) is 0 Å². The van der Waals surface area contributed by atoms with Gasteiger partial charge in [-0.2, -0.15) is 0 Å². The van der Waals surface area contributed by atoms with Crippen LogP contribution in [0.1, 0.15) is 31.2 Å². The quantitative estimate of drug-likeness (QED) is 0.537. The largest absolute Gasteiger partial charge is 0.495 e. The first-order valence-corrected chi connectivity index (χ1v) is 6.27. The molecule has 0 aromatic heterocycles. The van der Waals surface area contributed by atoms with Crippen LogP contribution in [-0.4, -0.2) is 13.7 Å². The third-order valence-electron chi connectivity index (χ3n) is 2.76. The van der Waals surface area contributed by atoms with Crippen molar-refractivity contribution in [2.45, 2.75) is 32.6 Å². The summed E-state index contributed by atoms with van der Waals surface area (Å²) in [5.41, 5.74) is 2.34. The minimum Gasteiger partial charge on any atom is -0.495 e. The van der Waals surface area contributed by atoms with Crippen molar-refractivity contribution < 1.29 is 4.74 Å². The highest BCUT2D eigenvalue weighted by atomic mass is 16.5. The maximum Gasteiger partial charge on any atom is 0.141 e. The number of aryl methyl sites for hydroxylation is 1. The summed E-state index contributed by atoms with van der Waals surface area (Å²) < 4.78 is 5.32. The summed E-state index contributed by atoms with van der Waals surface area (Å²) in [4.78, 5) is 0. The molecule has 0 radical (unpaired) electrons. The molecule has 0 atom stereocenters. The van der Waals surface area contributed by atoms with E-state index in [-0.39, 0.29) is 0 Å². The lowest BCUT2D eigenvalue weighted by Gasteiger charge is -2.11. The van der Waals surface area contributed by atoms with Crippen molar-refractivity contribution in [1.29, 1.82) is 0 Å². The molecule has 0 unspecified atom stereocenters. The predicted molar refractivity (Wildman–Crippen MR) is 74.9 cm³/mol. The van der Waals surface area contributed by atoms with Gasteiger partial charge in [0, 0.05) is 6.54 Å². The van der Waals surface area contributed by atoms with Gasteiger partial charge in [-0.1, -0.05) is 18.6 Å². The summed E-state index contributed by atoms with van der Waals surface area (Å²) in [6.45, 7) is 6.82. The lowest BCUT2D eigenvalue weighted by atomic mass is 10.1. The van der Waals surface area contributed by atoms with E-state index in [0.29, 0.717) is 0 Å². The molecule has 0 saturated heterocycles. The molecular formula is C15H23NO. The highest BCUT2D eigenvalue weighted by Gasteiger charge is 2.01. The molecular weight excluding hydrogens is 210 g/mol. The minimum atomic E-state index is 0.918. The second kappa shape index (κ2) is 7.77. The highest BCUT2D eigenvalue weighted by molar-refractivity contribution is 5.57. The molecule has 1 aromatic rings. The lowest BCUT2D eigenvalue weighted by molar-refractivity contribution is 0.416. The first-order valence-electron chi connectivity index (χ1n) is 6.27. The summed E-state index contributed by atoms with van der Waals surface area (Å²) in [6, 6.07) is 6.20. The Morgan fingerprint density at radius 3 is 2.82 bits per heavy atom. The number of allylic oxidation sites excluding steroid dienone is 1. The molecule has 0 saturated carbocycles. The van der Waals surface area contributed by atoms with Gasteiger partial charge in [0.15, 0.2) is 0 Å².